The molecule has 3 rings (SSSR count). The lowest BCUT2D eigenvalue weighted by molar-refractivity contribution is -0.130. The van der Waals surface area contributed by atoms with E-state index in [1.54, 1.807) is 17.2 Å². The van der Waals surface area contributed by atoms with Crippen molar-refractivity contribution in [2.24, 2.45) is 0 Å². The maximum Gasteiger partial charge on any atom is 0.228 e. The summed E-state index contributed by atoms with van der Waals surface area (Å²) in [5.41, 5.74) is -0.601. The standard InChI is InChI=1S/C24H39FN4O3/c1-5-21(30)29(22-20(25)8-7-10-26-22)19-24(9-16-32-23(3,4)18-24)28-13-11-27(12-14-28)15-17-31-6-2/h7-8,10H,5-6,9,11-19H2,1-4H3. The van der Waals surface area contributed by atoms with Gasteiger partial charge in [0.05, 0.1) is 12.2 Å². The highest BCUT2D eigenvalue weighted by Crippen LogP contribution is 2.39. The van der Waals surface area contributed by atoms with Crippen LogP contribution in [0.3, 0.4) is 0 Å². The summed E-state index contributed by atoms with van der Waals surface area (Å²) >= 11 is 0. The minimum Gasteiger partial charge on any atom is -0.380 e. The average molecular weight is 451 g/mol. The Morgan fingerprint density at radius 3 is 2.66 bits per heavy atom. The Hall–Kier alpha value is -1.61. The molecule has 7 nitrogen and oxygen atoms in total. The zero-order valence-electron chi connectivity index (χ0n) is 20.1. The number of pyridine rings is 1. The summed E-state index contributed by atoms with van der Waals surface area (Å²) in [6.07, 6.45) is 3.43. The second-order valence-corrected chi connectivity index (χ2v) is 9.43. The zero-order valence-corrected chi connectivity index (χ0v) is 20.1. The number of amides is 1. The summed E-state index contributed by atoms with van der Waals surface area (Å²) < 4.78 is 26.3. The third-order valence-electron chi connectivity index (χ3n) is 6.66. The summed E-state index contributed by atoms with van der Waals surface area (Å²) in [7, 11) is 0. The highest BCUT2D eigenvalue weighted by atomic mass is 19.1. The average Bonchev–Trinajstić information content (AvgIpc) is 2.77. The lowest BCUT2D eigenvalue weighted by Crippen LogP contribution is -2.66. The number of aromatic nitrogens is 1. The number of hydrogen-bond acceptors (Lipinski definition) is 6. The molecule has 1 aromatic rings. The Labute approximate surface area is 191 Å². The van der Waals surface area contributed by atoms with Gasteiger partial charge >= 0.3 is 0 Å². The van der Waals surface area contributed by atoms with Crippen molar-refractivity contribution in [1.82, 2.24) is 14.8 Å². The molecule has 2 saturated heterocycles. The van der Waals surface area contributed by atoms with Gasteiger partial charge in [-0.3, -0.25) is 19.5 Å². The van der Waals surface area contributed by atoms with Crippen LogP contribution < -0.4 is 4.90 Å². The first-order valence-corrected chi connectivity index (χ1v) is 11.9. The van der Waals surface area contributed by atoms with Crippen molar-refractivity contribution >= 4 is 11.7 Å². The van der Waals surface area contributed by atoms with E-state index in [1.165, 1.54) is 6.07 Å². The van der Waals surface area contributed by atoms with E-state index in [9.17, 15) is 9.18 Å². The molecule has 32 heavy (non-hydrogen) atoms. The fourth-order valence-electron chi connectivity index (χ4n) is 5.08. The van der Waals surface area contributed by atoms with Crippen molar-refractivity contribution in [1.29, 1.82) is 0 Å². The predicted molar refractivity (Wildman–Crippen MR) is 123 cm³/mol. The van der Waals surface area contributed by atoms with Crippen molar-refractivity contribution in [2.75, 3.05) is 64.0 Å². The van der Waals surface area contributed by atoms with Crippen LogP contribution in [0.5, 0.6) is 0 Å². The van der Waals surface area contributed by atoms with Gasteiger partial charge in [0.25, 0.3) is 0 Å². The molecule has 1 unspecified atom stereocenters. The molecular formula is C24H39FN4O3. The first kappa shape index (κ1) is 25.0. The molecule has 3 heterocycles. The molecule has 0 radical (unpaired) electrons. The summed E-state index contributed by atoms with van der Waals surface area (Å²) in [4.78, 5) is 23.7. The lowest BCUT2D eigenvalue weighted by atomic mass is 9.78. The number of carbonyl (C=O) groups is 1. The first-order chi connectivity index (χ1) is 15.3. The molecule has 8 heteroatoms. The van der Waals surface area contributed by atoms with Crippen LogP contribution in [0.25, 0.3) is 0 Å². The number of ether oxygens (including phenoxy) is 2. The van der Waals surface area contributed by atoms with Crippen LogP contribution in [0.15, 0.2) is 18.3 Å². The van der Waals surface area contributed by atoms with Crippen LogP contribution in [0, 0.1) is 5.82 Å². The van der Waals surface area contributed by atoms with Crippen LogP contribution in [0.2, 0.25) is 0 Å². The van der Waals surface area contributed by atoms with Crippen molar-refractivity contribution in [3.05, 3.63) is 24.1 Å². The number of anilines is 1. The maximum absolute atomic E-state index is 14.7. The van der Waals surface area contributed by atoms with Gasteiger partial charge in [0.1, 0.15) is 0 Å². The zero-order chi connectivity index (χ0) is 23.2. The number of nitrogens with zero attached hydrogens (tertiary/aromatic N) is 4. The van der Waals surface area contributed by atoms with Gasteiger partial charge in [-0.2, -0.15) is 0 Å². The molecule has 2 aliphatic heterocycles. The third kappa shape index (κ3) is 6.04. The van der Waals surface area contributed by atoms with Gasteiger partial charge in [-0.15, -0.1) is 0 Å². The van der Waals surface area contributed by atoms with E-state index >= 15 is 0 Å². The molecule has 1 aromatic heterocycles. The molecule has 0 spiro atoms. The third-order valence-corrected chi connectivity index (χ3v) is 6.66. The summed E-state index contributed by atoms with van der Waals surface area (Å²) in [5, 5.41) is 0. The Balaban J connectivity index is 1.84. The van der Waals surface area contributed by atoms with E-state index in [0.29, 0.717) is 19.6 Å². The monoisotopic (exact) mass is 450 g/mol. The topological polar surface area (TPSA) is 58.1 Å². The largest absolute Gasteiger partial charge is 0.380 e. The number of halogens is 1. The quantitative estimate of drug-likeness (QED) is 0.539. The molecule has 0 bridgehead atoms. The molecule has 0 saturated carbocycles. The van der Waals surface area contributed by atoms with Crippen molar-refractivity contribution < 1.29 is 18.7 Å². The van der Waals surface area contributed by atoms with Gasteiger partial charge in [-0.25, -0.2) is 9.37 Å². The molecular weight excluding hydrogens is 411 g/mol. The van der Waals surface area contributed by atoms with Gasteiger partial charge in [0, 0.05) is 70.6 Å². The predicted octanol–water partition coefficient (Wildman–Crippen LogP) is 2.95. The Morgan fingerprint density at radius 1 is 1.28 bits per heavy atom. The first-order valence-electron chi connectivity index (χ1n) is 11.9. The van der Waals surface area contributed by atoms with Gasteiger partial charge in [0.2, 0.25) is 5.91 Å². The highest BCUT2D eigenvalue weighted by molar-refractivity contribution is 5.92. The normalized spacial score (nSPS) is 24.4. The van der Waals surface area contributed by atoms with Gasteiger partial charge in [-0.05, 0) is 45.7 Å². The summed E-state index contributed by atoms with van der Waals surface area (Å²) in [6.45, 7) is 15.2. The van der Waals surface area contributed by atoms with Gasteiger partial charge in [-0.1, -0.05) is 6.92 Å². The Bertz CT molecular complexity index is 755. The van der Waals surface area contributed by atoms with E-state index in [0.717, 1.165) is 58.8 Å². The smallest absolute Gasteiger partial charge is 0.228 e. The minimum atomic E-state index is -0.462. The Kier molecular flexibility index (Phi) is 8.61. The fourth-order valence-corrected chi connectivity index (χ4v) is 5.08. The molecule has 1 amide bonds. The van der Waals surface area contributed by atoms with Crippen LogP contribution in [-0.4, -0.2) is 90.9 Å². The van der Waals surface area contributed by atoms with Gasteiger partial charge in [0.15, 0.2) is 11.6 Å². The van der Waals surface area contributed by atoms with E-state index in [1.807, 2.05) is 13.8 Å². The van der Waals surface area contributed by atoms with Crippen LogP contribution >= 0.6 is 0 Å². The van der Waals surface area contributed by atoms with Crippen molar-refractivity contribution in [3.63, 3.8) is 0 Å². The number of carbonyl (C=O) groups excluding carboxylic acids is 1. The number of rotatable bonds is 9. The second kappa shape index (κ2) is 11.0. The molecule has 0 aromatic carbocycles. The molecule has 0 aliphatic carbocycles. The fraction of sp³-hybridized carbons (Fsp3) is 0.750. The SMILES string of the molecule is CCOCCN1CCN(C2(CN(C(=O)CC)c3ncccc3F)CCOC(C)(C)C2)CC1. The second-order valence-electron chi connectivity index (χ2n) is 9.43. The maximum atomic E-state index is 14.7. The van der Waals surface area contributed by atoms with Crippen molar-refractivity contribution in [3.8, 4) is 0 Å². The summed E-state index contributed by atoms with van der Waals surface area (Å²) in [5.74, 6) is -0.448. The molecule has 2 fully saturated rings. The highest BCUT2D eigenvalue weighted by Gasteiger charge is 2.47. The van der Waals surface area contributed by atoms with E-state index < -0.39 is 5.82 Å². The van der Waals surface area contributed by atoms with Crippen molar-refractivity contribution in [2.45, 2.75) is 58.1 Å². The number of piperazine rings is 1. The van der Waals surface area contributed by atoms with Crippen LogP contribution in [0.1, 0.15) is 47.0 Å². The number of hydrogen-bond donors (Lipinski definition) is 0. The van der Waals surface area contributed by atoms with E-state index in [4.69, 9.17) is 9.47 Å². The van der Waals surface area contributed by atoms with Crippen LogP contribution in [-0.2, 0) is 14.3 Å². The molecule has 0 N–H and O–H groups in total. The summed E-state index contributed by atoms with van der Waals surface area (Å²) in [6, 6.07) is 2.93. The molecule has 1 atom stereocenters. The molecule has 180 valence electrons. The van der Waals surface area contributed by atoms with Crippen LogP contribution in [0.4, 0.5) is 10.2 Å². The Morgan fingerprint density at radius 2 is 2.03 bits per heavy atom. The molecule has 2 aliphatic rings. The van der Waals surface area contributed by atoms with Gasteiger partial charge < -0.3 is 9.47 Å². The minimum absolute atomic E-state index is 0.110. The lowest BCUT2D eigenvalue weighted by Gasteiger charge is -2.54. The van der Waals surface area contributed by atoms with E-state index in [2.05, 4.69) is 28.6 Å². The van der Waals surface area contributed by atoms with E-state index in [-0.39, 0.29) is 22.9 Å².